The van der Waals surface area contributed by atoms with Crippen LogP contribution in [-0.4, -0.2) is 85.6 Å². The van der Waals surface area contributed by atoms with Gasteiger partial charge in [-0.25, -0.2) is 0 Å². The van der Waals surface area contributed by atoms with Gasteiger partial charge in [0.25, 0.3) is 5.91 Å². The van der Waals surface area contributed by atoms with Gasteiger partial charge in [0.2, 0.25) is 0 Å². The molecule has 194 valence electrons. The summed E-state index contributed by atoms with van der Waals surface area (Å²) >= 11 is 12.8. The van der Waals surface area contributed by atoms with Gasteiger partial charge in [-0.15, -0.1) is 0 Å². The Bertz CT molecular complexity index is 1020. The fourth-order valence-corrected chi connectivity index (χ4v) is 6.61. The lowest BCUT2D eigenvalue weighted by Gasteiger charge is -2.47. The molecule has 36 heavy (non-hydrogen) atoms. The van der Waals surface area contributed by atoms with Crippen molar-refractivity contribution in [1.82, 2.24) is 20.0 Å². The molecule has 5 nitrogen and oxygen atoms in total. The van der Waals surface area contributed by atoms with Gasteiger partial charge in [-0.05, 0) is 81.6 Å². The maximum absolute atomic E-state index is 13.3. The first-order chi connectivity index (χ1) is 17.5. The number of nitrogens with zero attached hydrogens (tertiary/aromatic N) is 3. The molecule has 0 radical (unpaired) electrons. The van der Waals surface area contributed by atoms with Crippen LogP contribution in [-0.2, 0) is 5.41 Å². The molecular formula is C29H38Cl2N4O. The first kappa shape index (κ1) is 26.0. The average molecular weight is 530 g/mol. The first-order valence-corrected chi connectivity index (χ1v) is 14.3. The maximum atomic E-state index is 13.3. The SMILES string of the molecule is O=C(c1ccccc1)N1CCC[C@](CCCN2CC(N3CCCNCC3)C2)(c2ccc(Cl)c(Cl)c2)C1. The van der Waals surface area contributed by atoms with Crippen LogP contribution in [0.25, 0.3) is 0 Å². The molecule has 0 aromatic heterocycles. The van der Waals surface area contributed by atoms with Crippen molar-refractivity contribution in [2.75, 3.05) is 58.9 Å². The van der Waals surface area contributed by atoms with Crippen LogP contribution in [0, 0.1) is 0 Å². The van der Waals surface area contributed by atoms with E-state index in [1.807, 2.05) is 47.4 Å². The number of benzene rings is 2. The summed E-state index contributed by atoms with van der Waals surface area (Å²) in [4.78, 5) is 20.7. The van der Waals surface area contributed by atoms with Crippen LogP contribution in [0.2, 0.25) is 10.0 Å². The number of rotatable bonds is 7. The molecule has 0 saturated carbocycles. The second kappa shape index (κ2) is 11.8. The first-order valence-electron chi connectivity index (χ1n) is 13.5. The van der Waals surface area contributed by atoms with Crippen molar-refractivity contribution in [2.45, 2.75) is 43.6 Å². The molecule has 0 spiro atoms. The number of carbonyl (C=O) groups excluding carboxylic acids is 1. The fourth-order valence-electron chi connectivity index (χ4n) is 6.31. The zero-order valence-electron chi connectivity index (χ0n) is 21.1. The van der Waals surface area contributed by atoms with Crippen LogP contribution < -0.4 is 5.32 Å². The van der Waals surface area contributed by atoms with Crippen molar-refractivity contribution in [3.05, 3.63) is 69.7 Å². The van der Waals surface area contributed by atoms with Gasteiger partial charge in [0, 0.05) is 56.3 Å². The van der Waals surface area contributed by atoms with Gasteiger partial charge in [-0.1, -0.05) is 47.5 Å². The van der Waals surface area contributed by atoms with Gasteiger partial charge < -0.3 is 15.1 Å². The van der Waals surface area contributed by atoms with E-state index in [0.29, 0.717) is 16.1 Å². The van der Waals surface area contributed by atoms with Crippen LogP contribution >= 0.6 is 23.2 Å². The maximum Gasteiger partial charge on any atom is 0.253 e. The molecule has 0 bridgehead atoms. The van der Waals surface area contributed by atoms with E-state index in [1.165, 1.54) is 38.2 Å². The summed E-state index contributed by atoms with van der Waals surface area (Å²) in [6.07, 6.45) is 5.46. The van der Waals surface area contributed by atoms with E-state index < -0.39 is 0 Å². The van der Waals surface area contributed by atoms with E-state index in [2.05, 4.69) is 21.2 Å². The summed E-state index contributed by atoms with van der Waals surface area (Å²) in [5, 5.41) is 4.69. The molecule has 2 aromatic rings. The molecule has 3 aliphatic heterocycles. The van der Waals surface area contributed by atoms with Crippen molar-refractivity contribution in [2.24, 2.45) is 0 Å². The van der Waals surface area contributed by atoms with E-state index in [0.717, 1.165) is 64.0 Å². The van der Waals surface area contributed by atoms with Gasteiger partial charge in [0.1, 0.15) is 0 Å². The Kier molecular flexibility index (Phi) is 8.54. The van der Waals surface area contributed by atoms with Crippen molar-refractivity contribution < 1.29 is 4.79 Å². The minimum absolute atomic E-state index is 0.0996. The molecule has 0 aliphatic carbocycles. The highest BCUT2D eigenvalue weighted by molar-refractivity contribution is 6.42. The van der Waals surface area contributed by atoms with Crippen LogP contribution in [0.4, 0.5) is 0 Å². The number of likely N-dealkylation sites (tertiary alicyclic amines) is 2. The number of carbonyl (C=O) groups is 1. The second-order valence-corrected chi connectivity index (χ2v) is 11.6. The van der Waals surface area contributed by atoms with Gasteiger partial charge in [-0.3, -0.25) is 9.69 Å². The lowest BCUT2D eigenvalue weighted by atomic mass is 9.71. The minimum atomic E-state index is -0.0996. The molecular weight excluding hydrogens is 491 g/mol. The summed E-state index contributed by atoms with van der Waals surface area (Å²) in [6.45, 7) is 9.64. The third-order valence-corrected chi connectivity index (χ3v) is 9.11. The zero-order valence-corrected chi connectivity index (χ0v) is 22.6. The molecule has 1 amide bonds. The van der Waals surface area contributed by atoms with E-state index in [1.54, 1.807) is 0 Å². The Labute approximate surface area is 225 Å². The minimum Gasteiger partial charge on any atom is -0.338 e. The van der Waals surface area contributed by atoms with Crippen molar-refractivity contribution in [3.8, 4) is 0 Å². The van der Waals surface area contributed by atoms with Crippen LogP contribution in [0.15, 0.2) is 48.5 Å². The highest BCUT2D eigenvalue weighted by Crippen LogP contribution is 2.41. The second-order valence-electron chi connectivity index (χ2n) is 10.8. The number of amides is 1. The predicted molar refractivity (Wildman–Crippen MR) is 148 cm³/mol. The van der Waals surface area contributed by atoms with Gasteiger partial charge >= 0.3 is 0 Å². The summed E-state index contributed by atoms with van der Waals surface area (Å²) in [5.41, 5.74) is 1.87. The standard InChI is InChI=1S/C29H38Cl2N4O/c30-26-10-9-24(19-27(26)31)29(12-5-16-35(22-29)28(36)23-7-2-1-3-8-23)11-4-15-33-20-25(21-33)34-17-6-13-32-14-18-34/h1-3,7-10,19,25,32H,4-6,11-18,20-22H2/t29-/m0/s1. The summed E-state index contributed by atoms with van der Waals surface area (Å²) in [5.74, 6) is 0.122. The average Bonchev–Trinajstić information content (AvgIpc) is 3.16. The number of nitrogens with one attached hydrogen (secondary N) is 1. The smallest absolute Gasteiger partial charge is 0.253 e. The normalized spacial score (nSPS) is 24.3. The summed E-state index contributed by atoms with van der Waals surface area (Å²) < 4.78 is 0. The van der Waals surface area contributed by atoms with Crippen LogP contribution in [0.5, 0.6) is 0 Å². The summed E-state index contributed by atoms with van der Waals surface area (Å²) in [6, 6.07) is 16.4. The van der Waals surface area contributed by atoms with Crippen molar-refractivity contribution in [3.63, 3.8) is 0 Å². The van der Waals surface area contributed by atoms with Crippen molar-refractivity contribution >= 4 is 29.1 Å². The number of hydrogen-bond acceptors (Lipinski definition) is 4. The topological polar surface area (TPSA) is 38.8 Å². The molecule has 1 N–H and O–H groups in total. The summed E-state index contributed by atoms with van der Waals surface area (Å²) in [7, 11) is 0. The highest BCUT2D eigenvalue weighted by Gasteiger charge is 2.39. The Hall–Kier alpha value is -1.63. The Morgan fingerprint density at radius 3 is 2.61 bits per heavy atom. The number of piperidine rings is 1. The fraction of sp³-hybridized carbons (Fsp3) is 0.552. The number of halogens is 2. The molecule has 3 heterocycles. The van der Waals surface area contributed by atoms with Crippen LogP contribution in [0.3, 0.4) is 0 Å². The van der Waals surface area contributed by atoms with E-state index in [9.17, 15) is 4.79 Å². The van der Waals surface area contributed by atoms with Gasteiger partial charge in [0.05, 0.1) is 10.0 Å². The Balaban J connectivity index is 1.25. The predicted octanol–water partition coefficient (Wildman–Crippen LogP) is 4.93. The third kappa shape index (κ3) is 5.92. The number of hydrogen-bond donors (Lipinski definition) is 1. The van der Waals surface area contributed by atoms with E-state index in [4.69, 9.17) is 23.2 Å². The molecule has 0 unspecified atom stereocenters. The van der Waals surface area contributed by atoms with Crippen molar-refractivity contribution in [1.29, 1.82) is 0 Å². The Morgan fingerprint density at radius 1 is 0.972 bits per heavy atom. The van der Waals surface area contributed by atoms with E-state index >= 15 is 0 Å². The highest BCUT2D eigenvalue weighted by atomic mass is 35.5. The lowest BCUT2D eigenvalue weighted by Crippen LogP contribution is -2.60. The molecule has 3 aliphatic rings. The monoisotopic (exact) mass is 528 g/mol. The van der Waals surface area contributed by atoms with E-state index in [-0.39, 0.29) is 11.3 Å². The zero-order chi connectivity index (χ0) is 25.0. The van der Waals surface area contributed by atoms with Crippen LogP contribution in [0.1, 0.15) is 48.0 Å². The largest absolute Gasteiger partial charge is 0.338 e. The Morgan fingerprint density at radius 2 is 1.81 bits per heavy atom. The van der Waals surface area contributed by atoms with Gasteiger partial charge in [-0.2, -0.15) is 0 Å². The molecule has 1 atom stereocenters. The van der Waals surface area contributed by atoms with Gasteiger partial charge in [0.15, 0.2) is 0 Å². The molecule has 2 aromatic carbocycles. The molecule has 7 heteroatoms. The molecule has 3 fully saturated rings. The molecule has 3 saturated heterocycles. The molecule has 5 rings (SSSR count). The third-order valence-electron chi connectivity index (χ3n) is 8.38. The quantitative estimate of drug-likeness (QED) is 0.553. The lowest BCUT2D eigenvalue weighted by molar-refractivity contribution is 0.0334.